The molecule has 0 spiro atoms. The second-order valence-electron chi connectivity index (χ2n) is 4.16. The molecule has 1 aromatic heterocycles. The van der Waals surface area contributed by atoms with Gasteiger partial charge in [-0.25, -0.2) is 4.98 Å². The SMILES string of the molecule is CCC1CCC(C)N1c1ncc(CO)s1. The molecule has 1 aliphatic heterocycles. The van der Waals surface area contributed by atoms with Crippen LogP contribution in [-0.4, -0.2) is 22.2 Å². The Bertz CT molecular complexity index is 326. The van der Waals surface area contributed by atoms with Gasteiger partial charge in [0.1, 0.15) is 0 Å². The molecule has 1 N–H and O–H groups in total. The Balaban J connectivity index is 2.20. The molecule has 0 saturated carbocycles. The summed E-state index contributed by atoms with van der Waals surface area (Å²) < 4.78 is 0. The fourth-order valence-corrected chi connectivity index (χ4v) is 3.25. The summed E-state index contributed by atoms with van der Waals surface area (Å²) in [5, 5.41) is 10.1. The summed E-state index contributed by atoms with van der Waals surface area (Å²) in [4.78, 5) is 7.78. The van der Waals surface area contributed by atoms with Gasteiger partial charge >= 0.3 is 0 Å². The lowest BCUT2D eigenvalue weighted by Crippen LogP contribution is -2.33. The van der Waals surface area contributed by atoms with E-state index in [4.69, 9.17) is 5.11 Å². The van der Waals surface area contributed by atoms with Gasteiger partial charge in [0, 0.05) is 18.3 Å². The normalized spacial score (nSPS) is 26.2. The Morgan fingerprint density at radius 2 is 2.40 bits per heavy atom. The first-order valence-corrected chi connectivity index (χ1v) is 6.41. The first kappa shape index (κ1) is 10.9. The summed E-state index contributed by atoms with van der Waals surface area (Å²) in [6.45, 7) is 4.60. The molecule has 1 aromatic rings. The highest BCUT2D eigenvalue weighted by molar-refractivity contribution is 7.15. The molecule has 1 fully saturated rings. The van der Waals surface area contributed by atoms with Crippen LogP contribution in [0.25, 0.3) is 0 Å². The van der Waals surface area contributed by atoms with E-state index in [0.717, 1.165) is 10.0 Å². The van der Waals surface area contributed by atoms with Crippen molar-refractivity contribution in [3.05, 3.63) is 11.1 Å². The zero-order valence-electron chi connectivity index (χ0n) is 9.31. The average molecular weight is 226 g/mol. The Morgan fingerprint density at radius 3 is 3.00 bits per heavy atom. The van der Waals surface area contributed by atoms with E-state index in [1.54, 1.807) is 17.5 Å². The van der Waals surface area contributed by atoms with E-state index in [0.29, 0.717) is 12.1 Å². The maximum absolute atomic E-state index is 9.03. The van der Waals surface area contributed by atoms with Crippen molar-refractivity contribution in [1.29, 1.82) is 0 Å². The van der Waals surface area contributed by atoms with E-state index in [2.05, 4.69) is 23.7 Å². The highest BCUT2D eigenvalue weighted by atomic mass is 32.1. The van der Waals surface area contributed by atoms with Gasteiger partial charge in [-0.2, -0.15) is 0 Å². The van der Waals surface area contributed by atoms with E-state index in [1.165, 1.54) is 19.3 Å². The smallest absolute Gasteiger partial charge is 0.186 e. The maximum Gasteiger partial charge on any atom is 0.186 e. The predicted molar refractivity (Wildman–Crippen MR) is 63.3 cm³/mol. The van der Waals surface area contributed by atoms with Crippen molar-refractivity contribution in [1.82, 2.24) is 4.98 Å². The zero-order chi connectivity index (χ0) is 10.8. The fraction of sp³-hybridized carbons (Fsp3) is 0.727. The highest BCUT2D eigenvalue weighted by Gasteiger charge is 2.31. The molecule has 0 aliphatic carbocycles. The van der Waals surface area contributed by atoms with Crippen molar-refractivity contribution in [2.24, 2.45) is 0 Å². The van der Waals surface area contributed by atoms with Crippen LogP contribution in [0.1, 0.15) is 38.0 Å². The molecule has 3 nitrogen and oxygen atoms in total. The van der Waals surface area contributed by atoms with Crippen molar-refractivity contribution in [2.45, 2.75) is 51.8 Å². The number of anilines is 1. The molecule has 0 radical (unpaired) electrons. The summed E-state index contributed by atoms with van der Waals surface area (Å²) in [6.07, 6.45) is 5.49. The molecule has 1 aliphatic rings. The lowest BCUT2D eigenvalue weighted by molar-refractivity contribution is 0.285. The van der Waals surface area contributed by atoms with Gasteiger partial charge < -0.3 is 10.0 Å². The van der Waals surface area contributed by atoms with Gasteiger partial charge in [0.05, 0.1) is 11.5 Å². The standard InChI is InChI=1S/C11H18N2OS/c1-3-9-5-4-8(2)13(9)11-12-6-10(7-14)15-11/h6,8-9,14H,3-5,7H2,1-2H3. The van der Waals surface area contributed by atoms with Crippen LogP contribution >= 0.6 is 11.3 Å². The third-order valence-electron chi connectivity index (χ3n) is 3.18. The molecule has 2 heterocycles. The second-order valence-corrected chi connectivity index (χ2v) is 5.26. The van der Waals surface area contributed by atoms with Crippen LogP contribution in [0.5, 0.6) is 0 Å². The summed E-state index contributed by atoms with van der Waals surface area (Å²) in [7, 11) is 0. The molecule has 2 rings (SSSR count). The summed E-state index contributed by atoms with van der Waals surface area (Å²) >= 11 is 1.62. The number of nitrogens with zero attached hydrogens (tertiary/aromatic N) is 2. The molecule has 1 saturated heterocycles. The molecule has 0 bridgehead atoms. The number of aliphatic hydroxyl groups excluding tert-OH is 1. The van der Waals surface area contributed by atoms with Gasteiger partial charge in [0.2, 0.25) is 0 Å². The lowest BCUT2D eigenvalue weighted by atomic mass is 10.2. The summed E-state index contributed by atoms with van der Waals surface area (Å²) in [5.41, 5.74) is 0. The van der Waals surface area contributed by atoms with Crippen molar-refractivity contribution in [3.8, 4) is 0 Å². The van der Waals surface area contributed by atoms with Gasteiger partial charge in [-0.05, 0) is 26.2 Å². The monoisotopic (exact) mass is 226 g/mol. The van der Waals surface area contributed by atoms with Crippen molar-refractivity contribution in [2.75, 3.05) is 4.90 Å². The van der Waals surface area contributed by atoms with Crippen LogP contribution in [0, 0.1) is 0 Å². The molecule has 15 heavy (non-hydrogen) atoms. The van der Waals surface area contributed by atoms with Gasteiger partial charge in [-0.3, -0.25) is 0 Å². The lowest BCUT2D eigenvalue weighted by Gasteiger charge is -2.27. The molecule has 2 atom stereocenters. The molecule has 0 amide bonds. The highest BCUT2D eigenvalue weighted by Crippen LogP contribution is 2.34. The first-order chi connectivity index (χ1) is 7.26. The molecule has 4 heteroatoms. The number of aliphatic hydroxyl groups is 1. The van der Waals surface area contributed by atoms with E-state index in [9.17, 15) is 0 Å². The molecular formula is C11H18N2OS. The number of rotatable bonds is 3. The van der Waals surface area contributed by atoms with Crippen molar-refractivity contribution >= 4 is 16.5 Å². The minimum Gasteiger partial charge on any atom is -0.391 e. The van der Waals surface area contributed by atoms with Gasteiger partial charge in [-0.15, -0.1) is 0 Å². The van der Waals surface area contributed by atoms with E-state index < -0.39 is 0 Å². The van der Waals surface area contributed by atoms with E-state index >= 15 is 0 Å². The summed E-state index contributed by atoms with van der Waals surface area (Å²) in [6, 6.07) is 1.23. The Hall–Kier alpha value is -0.610. The van der Waals surface area contributed by atoms with Crippen LogP contribution in [-0.2, 0) is 6.61 Å². The maximum atomic E-state index is 9.03. The van der Waals surface area contributed by atoms with Crippen LogP contribution in [0.4, 0.5) is 5.13 Å². The second kappa shape index (κ2) is 4.49. The molecule has 2 unspecified atom stereocenters. The first-order valence-electron chi connectivity index (χ1n) is 5.60. The largest absolute Gasteiger partial charge is 0.391 e. The van der Waals surface area contributed by atoms with Gasteiger partial charge in [-0.1, -0.05) is 18.3 Å². The van der Waals surface area contributed by atoms with Crippen LogP contribution < -0.4 is 4.90 Å². The quantitative estimate of drug-likeness (QED) is 0.859. The van der Waals surface area contributed by atoms with E-state index in [-0.39, 0.29) is 6.61 Å². The van der Waals surface area contributed by atoms with Crippen molar-refractivity contribution in [3.63, 3.8) is 0 Å². The third-order valence-corrected chi connectivity index (χ3v) is 4.17. The Labute approximate surface area is 94.8 Å². The van der Waals surface area contributed by atoms with Gasteiger partial charge in [0.25, 0.3) is 0 Å². The predicted octanol–water partition coefficient (Wildman–Crippen LogP) is 2.40. The van der Waals surface area contributed by atoms with E-state index in [1.807, 2.05) is 0 Å². The Kier molecular flexibility index (Phi) is 3.26. The number of thiazole rings is 1. The van der Waals surface area contributed by atoms with Crippen LogP contribution in [0.2, 0.25) is 0 Å². The topological polar surface area (TPSA) is 36.4 Å². The number of aromatic nitrogens is 1. The zero-order valence-corrected chi connectivity index (χ0v) is 10.1. The Morgan fingerprint density at radius 1 is 1.60 bits per heavy atom. The minimum atomic E-state index is 0.108. The van der Waals surface area contributed by atoms with Crippen LogP contribution in [0.3, 0.4) is 0 Å². The average Bonchev–Trinajstić information content (AvgIpc) is 2.83. The molecule has 0 aromatic carbocycles. The van der Waals surface area contributed by atoms with Crippen LogP contribution in [0.15, 0.2) is 6.20 Å². The van der Waals surface area contributed by atoms with Crippen molar-refractivity contribution < 1.29 is 5.11 Å². The number of hydrogen-bond acceptors (Lipinski definition) is 4. The summed E-state index contributed by atoms with van der Waals surface area (Å²) in [5.74, 6) is 0. The molecular weight excluding hydrogens is 208 g/mol. The minimum absolute atomic E-state index is 0.108. The van der Waals surface area contributed by atoms with Gasteiger partial charge in [0.15, 0.2) is 5.13 Å². The fourth-order valence-electron chi connectivity index (χ4n) is 2.31. The number of hydrogen-bond donors (Lipinski definition) is 1. The third kappa shape index (κ3) is 2.01. The molecule has 84 valence electrons.